The number of H-pyrrole nitrogens is 1. The molecule has 0 aromatic carbocycles. The molecule has 82 valence electrons. The van der Waals surface area contributed by atoms with Crippen LogP contribution in [-0.2, 0) is 0 Å². The van der Waals surface area contributed by atoms with Crippen LogP contribution in [0.3, 0.4) is 0 Å². The van der Waals surface area contributed by atoms with Crippen molar-refractivity contribution in [2.24, 2.45) is 0 Å². The van der Waals surface area contributed by atoms with Crippen LogP contribution < -0.4 is 0 Å². The first kappa shape index (κ1) is 10.8. The monoisotopic (exact) mass is 222 g/mol. The molecule has 1 aromatic rings. The van der Waals surface area contributed by atoms with Gasteiger partial charge in [0.25, 0.3) is 0 Å². The summed E-state index contributed by atoms with van der Waals surface area (Å²) >= 11 is 5.12. The lowest BCUT2D eigenvalue weighted by molar-refractivity contribution is 0.186. The second kappa shape index (κ2) is 4.45. The quantitative estimate of drug-likeness (QED) is 0.736. The molecule has 15 heavy (non-hydrogen) atoms. The number of aryl methyl sites for hydroxylation is 1. The minimum Gasteiger partial charge on any atom is -0.350 e. The number of hydrogen-bond acceptors (Lipinski definition) is 2. The molecule has 3 heteroatoms. The first-order valence-corrected chi connectivity index (χ1v) is 5.99. The van der Waals surface area contributed by atoms with E-state index in [1.165, 1.54) is 37.1 Å². The zero-order chi connectivity index (χ0) is 10.8. The van der Waals surface area contributed by atoms with E-state index in [0.29, 0.717) is 6.04 Å². The van der Waals surface area contributed by atoms with E-state index in [1.54, 1.807) is 0 Å². The predicted octanol–water partition coefficient (Wildman–Crippen LogP) is 3.21. The molecular formula is C12H18N2S. The highest BCUT2D eigenvalue weighted by molar-refractivity contribution is 7.71. The van der Waals surface area contributed by atoms with E-state index in [4.69, 9.17) is 12.2 Å². The molecule has 1 N–H and O–H groups in total. The number of aromatic nitrogens is 1. The van der Waals surface area contributed by atoms with Crippen molar-refractivity contribution in [1.82, 2.24) is 9.88 Å². The minimum absolute atomic E-state index is 0.575. The molecule has 0 amide bonds. The molecule has 1 aromatic heterocycles. The zero-order valence-electron chi connectivity index (χ0n) is 9.42. The SMILES string of the molecule is Cc1[nH]c(=S)ccc1[C@H]1CCCCN1C. The lowest BCUT2D eigenvalue weighted by Crippen LogP contribution is -2.30. The Morgan fingerprint density at radius 1 is 1.40 bits per heavy atom. The summed E-state index contributed by atoms with van der Waals surface area (Å²) in [6, 6.07) is 4.76. The van der Waals surface area contributed by atoms with Crippen molar-refractivity contribution in [1.29, 1.82) is 0 Å². The first-order valence-electron chi connectivity index (χ1n) is 5.58. The summed E-state index contributed by atoms with van der Waals surface area (Å²) < 4.78 is 0.828. The Kier molecular flexibility index (Phi) is 3.22. The molecule has 1 fully saturated rings. The molecule has 2 heterocycles. The van der Waals surface area contributed by atoms with Crippen LogP contribution >= 0.6 is 12.2 Å². The fourth-order valence-corrected chi connectivity index (χ4v) is 2.64. The van der Waals surface area contributed by atoms with E-state index in [2.05, 4.69) is 29.9 Å². The number of pyridine rings is 1. The lowest BCUT2D eigenvalue weighted by Gasteiger charge is -2.33. The molecule has 1 atom stereocenters. The normalized spacial score (nSPS) is 22.9. The molecule has 1 aliphatic heterocycles. The Balaban J connectivity index is 2.31. The maximum absolute atomic E-state index is 5.12. The van der Waals surface area contributed by atoms with Gasteiger partial charge in [0.2, 0.25) is 0 Å². The summed E-state index contributed by atoms with van der Waals surface area (Å²) in [7, 11) is 2.21. The van der Waals surface area contributed by atoms with Crippen molar-refractivity contribution in [3.63, 3.8) is 0 Å². The Bertz CT molecular complexity index is 397. The van der Waals surface area contributed by atoms with E-state index in [0.717, 1.165) is 4.64 Å². The van der Waals surface area contributed by atoms with Gasteiger partial charge in [0.1, 0.15) is 4.64 Å². The fraction of sp³-hybridized carbons (Fsp3) is 0.583. The number of hydrogen-bond donors (Lipinski definition) is 1. The third-order valence-corrected chi connectivity index (χ3v) is 3.53. The van der Waals surface area contributed by atoms with Gasteiger partial charge in [-0.3, -0.25) is 4.90 Å². The number of aromatic amines is 1. The molecule has 1 saturated heterocycles. The van der Waals surface area contributed by atoms with Crippen LogP contribution in [-0.4, -0.2) is 23.5 Å². The van der Waals surface area contributed by atoms with Gasteiger partial charge in [0.15, 0.2) is 0 Å². The fourth-order valence-electron chi connectivity index (χ4n) is 2.42. The van der Waals surface area contributed by atoms with Crippen molar-refractivity contribution in [2.75, 3.05) is 13.6 Å². The Hall–Kier alpha value is -0.670. The summed E-state index contributed by atoms with van der Waals surface area (Å²) in [6.45, 7) is 3.33. The molecule has 0 aliphatic carbocycles. The molecule has 0 saturated carbocycles. The van der Waals surface area contributed by atoms with E-state index >= 15 is 0 Å². The number of nitrogens with one attached hydrogen (secondary N) is 1. The standard InChI is InChI=1S/C12H18N2S/c1-9-10(6-7-12(15)13-9)11-5-3-4-8-14(11)2/h6-7,11H,3-5,8H2,1-2H3,(H,13,15)/t11-/m1/s1. The van der Waals surface area contributed by atoms with Crippen LogP contribution in [0.5, 0.6) is 0 Å². The van der Waals surface area contributed by atoms with Gasteiger partial charge in [-0.25, -0.2) is 0 Å². The van der Waals surface area contributed by atoms with Gasteiger partial charge in [-0.15, -0.1) is 0 Å². The summed E-state index contributed by atoms with van der Waals surface area (Å²) in [6.07, 6.45) is 3.93. The summed E-state index contributed by atoms with van der Waals surface area (Å²) in [5, 5.41) is 0. The minimum atomic E-state index is 0.575. The Morgan fingerprint density at radius 3 is 2.87 bits per heavy atom. The number of likely N-dealkylation sites (tertiary alicyclic amines) is 1. The molecule has 1 aliphatic rings. The number of rotatable bonds is 1. The maximum atomic E-state index is 5.12. The van der Waals surface area contributed by atoms with Crippen LogP contribution in [0, 0.1) is 11.6 Å². The lowest BCUT2D eigenvalue weighted by atomic mass is 9.95. The van der Waals surface area contributed by atoms with Gasteiger partial charge in [-0.1, -0.05) is 24.7 Å². The Labute approximate surface area is 96.3 Å². The maximum Gasteiger partial charge on any atom is 0.103 e. The summed E-state index contributed by atoms with van der Waals surface area (Å²) in [5.41, 5.74) is 2.63. The van der Waals surface area contributed by atoms with Crippen molar-refractivity contribution < 1.29 is 0 Å². The average molecular weight is 222 g/mol. The summed E-state index contributed by atoms with van der Waals surface area (Å²) in [5.74, 6) is 0. The Morgan fingerprint density at radius 2 is 2.20 bits per heavy atom. The number of piperidine rings is 1. The van der Waals surface area contributed by atoms with Gasteiger partial charge < -0.3 is 4.98 Å². The highest BCUT2D eigenvalue weighted by Crippen LogP contribution is 2.30. The molecule has 2 rings (SSSR count). The third kappa shape index (κ3) is 2.29. The molecule has 0 spiro atoms. The zero-order valence-corrected chi connectivity index (χ0v) is 10.2. The van der Waals surface area contributed by atoms with E-state index in [1.807, 2.05) is 6.07 Å². The second-order valence-electron chi connectivity index (χ2n) is 4.40. The second-order valence-corrected chi connectivity index (χ2v) is 4.83. The molecule has 2 nitrogen and oxygen atoms in total. The third-order valence-electron chi connectivity index (χ3n) is 3.29. The molecule has 0 radical (unpaired) electrons. The molecule has 0 bridgehead atoms. The van der Waals surface area contributed by atoms with Crippen LogP contribution in [0.4, 0.5) is 0 Å². The van der Waals surface area contributed by atoms with Crippen LogP contribution in [0.1, 0.15) is 36.6 Å². The van der Waals surface area contributed by atoms with Crippen LogP contribution in [0.25, 0.3) is 0 Å². The van der Waals surface area contributed by atoms with Crippen molar-refractivity contribution in [3.8, 4) is 0 Å². The predicted molar refractivity (Wildman–Crippen MR) is 65.6 cm³/mol. The van der Waals surface area contributed by atoms with E-state index in [9.17, 15) is 0 Å². The van der Waals surface area contributed by atoms with Crippen molar-refractivity contribution in [2.45, 2.75) is 32.2 Å². The van der Waals surface area contributed by atoms with Crippen LogP contribution in [0.15, 0.2) is 12.1 Å². The molecular weight excluding hydrogens is 204 g/mol. The van der Waals surface area contributed by atoms with Crippen LogP contribution in [0.2, 0.25) is 0 Å². The number of nitrogens with zero attached hydrogens (tertiary/aromatic N) is 1. The highest BCUT2D eigenvalue weighted by atomic mass is 32.1. The summed E-state index contributed by atoms with van der Waals surface area (Å²) in [4.78, 5) is 5.69. The van der Waals surface area contributed by atoms with Crippen molar-refractivity contribution >= 4 is 12.2 Å². The first-order chi connectivity index (χ1) is 7.18. The van der Waals surface area contributed by atoms with Gasteiger partial charge in [-0.05, 0) is 45.0 Å². The smallest absolute Gasteiger partial charge is 0.103 e. The topological polar surface area (TPSA) is 19.0 Å². The average Bonchev–Trinajstić information content (AvgIpc) is 2.20. The van der Waals surface area contributed by atoms with Gasteiger partial charge in [0.05, 0.1) is 0 Å². The van der Waals surface area contributed by atoms with Gasteiger partial charge >= 0.3 is 0 Å². The van der Waals surface area contributed by atoms with Gasteiger partial charge in [-0.2, -0.15) is 0 Å². The molecule has 0 unspecified atom stereocenters. The van der Waals surface area contributed by atoms with Crippen molar-refractivity contribution in [3.05, 3.63) is 28.0 Å². The largest absolute Gasteiger partial charge is 0.350 e. The van der Waals surface area contributed by atoms with E-state index < -0.39 is 0 Å². The van der Waals surface area contributed by atoms with E-state index in [-0.39, 0.29) is 0 Å². The highest BCUT2D eigenvalue weighted by Gasteiger charge is 2.21. The van der Waals surface area contributed by atoms with Gasteiger partial charge in [0, 0.05) is 11.7 Å².